The van der Waals surface area contributed by atoms with E-state index in [1.165, 1.54) is 0 Å². The van der Waals surface area contributed by atoms with Gasteiger partial charge in [0.2, 0.25) is 0 Å². The topological polar surface area (TPSA) is 39.2 Å². The van der Waals surface area contributed by atoms with Crippen molar-refractivity contribution in [2.45, 2.75) is 6.92 Å². The molecule has 54 valence electrons. The molecule has 1 aromatic rings. The fourth-order valence-electron chi connectivity index (χ4n) is 0.518. The molecule has 0 aliphatic heterocycles. The monoisotopic (exact) mass is 205 g/mol. The average molecular weight is 204 g/mol. The molecule has 1 rings (SSSR count). The molecule has 0 aromatic carbocycles. The molecule has 0 fully saturated rings. The summed E-state index contributed by atoms with van der Waals surface area (Å²) in [5, 5.41) is 1.75. The summed E-state index contributed by atoms with van der Waals surface area (Å²) >= 11 is 0.266. The summed E-state index contributed by atoms with van der Waals surface area (Å²) in [5.74, 6) is -0.307. The summed E-state index contributed by atoms with van der Waals surface area (Å²) in [4.78, 5) is 16.5. The van der Waals surface area contributed by atoms with E-state index in [1.807, 2.05) is 4.94 Å². The molecule has 0 bridgehead atoms. The van der Waals surface area contributed by atoms with Gasteiger partial charge in [0.1, 0.15) is 0 Å². The van der Waals surface area contributed by atoms with E-state index in [1.54, 1.807) is 12.0 Å². The fraction of sp³-hybridized carbons (Fsp3) is 0.333. The Bertz CT molecular complexity index is 208. The van der Waals surface area contributed by atoms with Crippen molar-refractivity contribution in [1.29, 1.82) is 0 Å². The summed E-state index contributed by atoms with van der Waals surface area (Å²) in [6.07, 6.45) is 0. The molecular formula is C6H7NO2Se. The Labute approximate surface area is 64.8 Å². The molecule has 0 radical (unpaired) electrons. The molecule has 0 saturated heterocycles. The molecule has 0 unspecified atom stereocenters. The van der Waals surface area contributed by atoms with Crippen molar-refractivity contribution in [1.82, 2.24) is 4.98 Å². The normalized spacial score (nSPS) is 9.30. The fourth-order valence-corrected chi connectivity index (χ4v) is 1.61. The number of hydrogen-bond acceptors (Lipinski definition) is 3. The van der Waals surface area contributed by atoms with Crippen LogP contribution < -0.4 is 0 Å². The first kappa shape index (κ1) is 7.51. The van der Waals surface area contributed by atoms with Crippen molar-refractivity contribution in [2.24, 2.45) is 0 Å². The summed E-state index contributed by atoms with van der Waals surface area (Å²) in [5.41, 5.74) is 0.460. The third kappa shape index (κ3) is 1.69. The third-order valence-electron chi connectivity index (χ3n) is 0.917. The summed E-state index contributed by atoms with van der Waals surface area (Å²) in [7, 11) is 0. The molecular weight excluding hydrogens is 197 g/mol. The number of hydrogen-bond donors (Lipinski definition) is 0. The van der Waals surface area contributed by atoms with Crippen molar-refractivity contribution in [2.75, 3.05) is 6.61 Å². The number of carbonyl (C=O) groups is 1. The zero-order valence-corrected chi connectivity index (χ0v) is 7.25. The number of nitrogens with zero attached hydrogens (tertiary/aromatic N) is 1. The molecule has 0 spiro atoms. The molecule has 3 nitrogen and oxygen atoms in total. The first-order valence-electron chi connectivity index (χ1n) is 2.90. The Morgan fingerprint density at radius 3 is 3.20 bits per heavy atom. The SMILES string of the molecule is CCOC(=O)c1c[se]cn1. The molecule has 0 amide bonds. The van der Waals surface area contributed by atoms with Gasteiger partial charge in [-0.2, -0.15) is 0 Å². The second-order valence-electron chi connectivity index (χ2n) is 1.59. The van der Waals surface area contributed by atoms with Crippen LogP contribution in [0.1, 0.15) is 17.4 Å². The van der Waals surface area contributed by atoms with Crippen LogP contribution >= 0.6 is 0 Å². The van der Waals surface area contributed by atoms with E-state index in [0.717, 1.165) is 0 Å². The predicted molar refractivity (Wildman–Crippen MR) is 37.1 cm³/mol. The van der Waals surface area contributed by atoms with Crippen molar-refractivity contribution in [3.8, 4) is 0 Å². The quantitative estimate of drug-likeness (QED) is 0.514. The molecule has 0 aliphatic carbocycles. The number of ether oxygens (including phenoxy) is 1. The Morgan fingerprint density at radius 1 is 1.90 bits per heavy atom. The van der Waals surface area contributed by atoms with Crippen LogP contribution in [0, 0.1) is 0 Å². The van der Waals surface area contributed by atoms with E-state index in [2.05, 4.69) is 4.98 Å². The molecule has 0 N–H and O–H groups in total. The van der Waals surface area contributed by atoms with Crippen LogP contribution in [0.2, 0.25) is 0 Å². The van der Waals surface area contributed by atoms with Crippen molar-refractivity contribution >= 4 is 20.5 Å². The summed E-state index contributed by atoms with van der Waals surface area (Å²) in [6, 6.07) is 0. The number of rotatable bonds is 2. The molecule has 4 heteroatoms. The van der Waals surface area contributed by atoms with Gasteiger partial charge < -0.3 is 0 Å². The number of carbonyl (C=O) groups excluding carboxylic acids is 1. The van der Waals surface area contributed by atoms with Gasteiger partial charge in [-0.3, -0.25) is 0 Å². The maximum absolute atomic E-state index is 10.9. The maximum atomic E-state index is 10.9. The molecule has 0 aliphatic rings. The van der Waals surface area contributed by atoms with E-state index in [-0.39, 0.29) is 20.5 Å². The predicted octanol–water partition coefficient (Wildman–Crippen LogP) is 0.315. The van der Waals surface area contributed by atoms with Crippen LogP contribution in [0.4, 0.5) is 0 Å². The zero-order chi connectivity index (χ0) is 7.40. The summed E-state index contributed by atoms with van der Waals surface area (Å²) < 4.78 is 4.71. The first-order chi connectivity index (χ1) is 4.84. The first-order valence-corrected chi connectivity index (χ1v) is 4.87. The van der Waals surface area contributed by atoms with Crippen LogP contribution in [0.25, 0.3) is 0 Å². The second kappa shape index (κ2) is 3.54. The molecule has 1 heterocycles. The zero-order valence-electron chi connectivity index (χ0n) is 5.53. The average Bonchev–Trinajstić information content (AvgIpc) is 2.38. The summed E-state index contributed by atoms with van der Waals surface area (Å²) in [6.45, 7) is 2.20. The van der Waals surface area contributed by atoms with Gasteiger partial charge in [-0.25, -0.2) is 0 Å². The van der Waals surface area contributed by atoms with E-state index in [0.29, 0.717) is 12.3 Å². The van der Waals surface area contributed by atoms with Crippen LogP contribution in [0.3, 0.4) is 0 Å². The van der Waals surface area contributed by atoms with Crippen molar-refractivity contribution < 1.29 is 9.53 Å². The van der Waals surface area contributed by atoms with Gasteiger partial charge in [0.25, 0.3) is 0 Å². The standard InChI is InChI=1S/C6H7NO2Se/c1-2-9-6(8)5-3-10-4-7-5/h3-4H,2H2,1H3. The molecule has 10 heavy (non-hydrogen) atoms. The molecule has 1 aromatic heterocycles. The van der Waals surface area contributed by atoms with Crippen molar-refractivity contribution in [3.63, 3.8) is 0 Å². The van der Waals surface area contributed by atoms with Gasteiger partial charge in [-0.05, 0) is 0 Å². The Balaban J connectivity index is 2.59. The van der Waals surface area contributed by atoms with E-state index in [9.17, 15) is 4.79 Å². The van der Waals surface area contributed by atoms with Gasteiger partial charge in [0.15, 0.2) is 0 Å². The van der Waals surface area contributed by atoms with Crippen LogP contribution in [0.5, 0.6) is 0 Å². The molecule has 0 atom stereocenters. The van der Waals surface area contributed by atoms with E-state index < -0.39 is 0 Å². The third-order valence-corrected chi connectivity index (χ3v) is 2.15. The Morgan fingerprint density at radius 2 is 2.70 bits per heavy atom. The van der Waals surface area contributed by atoms with Crippen molar-refractivity contribution in [3.05, 3.63) is 15.7 Å². The number of esters is 1. The van der Waals surface area contributed by atoms with Gasteiger partial charge >= 0.3 is 64.2 Å². The van der Waals surface area contributed by atoms with Gasteiger partial charge in [-0.15, -0.1) is 0 Å². The van der Waals surface area contributed by atoms with Crippen LogP contribution in [-0.4, -0.2) is 32.1 Å². The van der Waals surface area contributed by atoms with E-state index in [4.69, 9.17) is 4.74 Å². The minimum absolute atomic E-state index is 0.266. The van der Waals surface area contributed by atoms with Crippen LogP contribution in [-0.2, 0) is 4.74 Å². The van der Waals surface area contributed by atoms with Gasteiger partial charge in [0, 0.05) is 0 Å². The van der Waals surface area contributed by atoms with Gasteiger partial charge in [-0.1, -0.05) is 0 Å². The molecule has 0 saturated carbocycles. The number of aromatic nitrogens is 1. The van der Waals surface area contributed by atoms with Crippen LogP contribution in [0.15, 0.2) is 10.0 Å². The Kier molecular flexibility index (Phi) is 2.66. The minimum atomic E-state index is -0.307. The van der Waals surface area contributed by atoms with Gasteiger partial charge in [0.05, 0.1) is 0 Å². The Hall–Kier alpha value is -0.601. The second-order valence-corrected chi connectivity index (χ2v) is 3.10. The van der Waals surface area contributed by atoms with E-state index >= 15 is 0 Å².